The molecule has 36 heavy (non-hydrogen) atoms. The van der Waals surface area contributed by atoms with Crippen LogP contribution in [0.15, 0.2) is 30.3 Å². The van der Waals surface area contributed by atoms with Gasteiger partial charge in [-0.2, -0.15) is 0 Å². The third-order valence-corrected chi connectivity index (χ3v) is 7.93. The number of rotatable bonds is 7. The van der Waals surface area contributed by atoms with E-state index in [1.165, 1.54) is 18.9 Å². The van der Waals surface area contributed by atoms with Crippen molar-refractivity contribution in [2.75, 3.05) is 26.5 Å². The zero-order chi connectivity index (χ0) is 25.9. The van der Waals surface area contributed by atoms with Crippen molar-refractivity contribution in [2.45, 2.75) is 55.3 Å². The van der Waals surface area contributed by atoms with E-state index < -0.39 is 46.8 Å². The van der Waals surface area contributed by atoms with E-state index >= 15 is 0 Å². The maximum absolute atomic E-state index is 13.4. The van der Waals surface area contributed by atoms with Gasteiger partial charge in [0.25, 0.3) is 11.6 Å². The fourth-order valence-corrected chi connectivity index (χ4v) is 5.77. The van der Waals surface area contributed by atoms with Crippen LogP contribution in [-0.4, -0.2) is 83.1 Å². The first kappa shape index (κ1) is 26.0. The number of urea groups is 1. The summed E-state index contributed by atoms with van der Waals surface area (Å²) in [6.07, 6.45) is 6.61. The number of nitrogens with zero attached hydrogens (tertiary/aromatic N) is 2. The number of carbonyl (C=O) groups excluding carboxylic acids is 5. The number of imide groups is 1. The van der Waals surface area contributed by atoms with Crippen molar-refractivity contribution in [3.05, 3.63) is 35.9 Å². The summed E-state index contributed by atoms with van der Waals surface area (Å²) in [5.74, 6) is -2.80. The second-order valence-corrected chi connectivity index (χ2v) is 10.0. The summed E-state index contributed by atoms with van der Waals surface area (Å²) in [6.45, 7) is 0.294. The maximum atomic E-state index is 13.4. The summed E-state index contributed by atoms with van der Waals surface area (Å²) >= 11 is 1.29. The van der Waals surface area contributed by atoms with Crippen molar-refractivity contribution in [3.63, 3.8) is 0 Å². The molecule has 1 saturated carbocycles. The van der Waals surface area contributed by atoms with Crippen LogP contribution < -0.4 is 16.0 Å². The van der Waals surface area contributed by atoms with E-state index in [1.807, 2.05) is 0 Å². The molecule has 0 radical (unpaired) electrons. The summed E-state index contributed by atoms with van der Waals surface area (Å²) in [5, 5.41) is 7.34. The highest BCUT2D eigenvalue weighted by Gasteiger charge is 2.58. The Bertz CT molecular complexity index is 1030. The Morgan fingerprint density at radius 2 is 1.78 bits per heavy atom. The van der Waals surface area contributed by atoms with Crippen molar-refractivity contribution in [1.29, 1.82) is 0 Å². The molecule has 3 atom stereocenters. The fourth-order valence-electron chi connectivity index (χ4n) is 4.95. The van der Waals surface area contributed by atoms with Crippen LogP contribution in [0, 0.1) is 0 Å². The van der Waals surface area contributed by atoms with Gasteiger partial charge in [-0.25, -0.2) is 4.79 Å². The zero-order valence-corrected chi connectivity index (χ0v) is 21.1. The Morgan fingerprint density at radius 3 is 2.39 bits per heavy atom. The van der Waals surface area contributed by atoms with Crippen LogP contribution in [-0.2, 0) is 23.9 Å². The number of amides is 6. The molecule has 0 aromatic heterocycles. The maximum Gasteiger partial charge on any atom is 0.325 e. The molecule has 0 bridgehead atoms. The van der Waals surface area contributed by atoms with Gasteiger partial charge >= 0.3 is 17.8 Å². The number of piperazine rings is 1. The largest absolute Gasteiger partial charge is 0.348 e. The summed E-state index contributed by atoms with van der Waals surface area (Å²) < 4.78 is 5.38. The SMILES string of the molecule is CO[C@@]1(NC(=O)C(NC(=O)N2CCN(C3CCCCC3)C(=O)C2=O)c2ccccc2)C(=O)N[C@@H]1SC. The molecule has 2 saturated heterocycles. The van der Waals surface area contributed by atoms with Gasteiger partial charge in [-0.3, -0.25) is 24.1 Å². The quantitative estimate of drug-likeness (QED) is 0.275. The second-order valence-electron chi connectivity index (χ2n) is 9.06. The van der Waals surface area contributed by atoms with E-state index in [-0.39, 0.29) is 19.1 Å². The van der Waals surface area contributed by atoms with Gasteiger partial charge in [0, 0.05) is 26.2 Å². The highest BCUT2D eigenvalue weighted by Crippen LogP contribution is 2.30. The number of methoxy groups -OCH3 is 1. The lowest BCUT2D eigenvalue weighted by atomic mass is 9.93. The normalized spacial score (nSPS) is 25.6. The monoisotopic (exact) mass is 517 g/mol. The van der Waals surface area contributed by atoms with Crippen LogP contribution in [0.4, 0.5) is 4.79 Å². The lowest BCUT2D eigenvalue weighted by molar-refractivity contribution is -0.170. The fraction of sp³-hybridized carbons (Fsp3) is 0.542. The van der Waals surface area contributed by atoms with Gasteiger partial charge in [0.05, 0.1) is 0 Å². The standard InChI is InChI=1S/C24H31N5O6S/c1-35-24(21(33)26-22(24)36-2)27-18(30)17(15-9-5-3-6-10-15)25-23(34)29-14-13-28(19(31)20(29)32)16-11-7-4-8-12-16/h3,5-6,9-10,16-17,22H,4,7-8,11-14H2,1-2H3,(H,25,34)(H,26,33)(H,27,30)/t17?,22-,24+/m1/s1. The number of ether oxygens (including phenoxy) is 1. The van der Waals surface area contributed by atoms with E-state index in [1.54, 1.807) is 41.5 Å². The topological polar surface area (TPSA) is 137 Å². The molecule has 4 rings (SSSR count). The molecule has 3 fully saturated rings. The van der Waals surface area contributed by atoms with Crippen LogP contribution in [0.2, 0.25) is 0 Å². The Morgan fingerprint density at radius 1 is 1.08 bits per heavy atom. The highest BCUT2D eigenvalue weighted by molar-refractivity contribution is 7.99. The first-order valence-corrected chi connectivity index (χ1v) is 13.3. The first-order valence-electron chi connectivity index (χ1n) is 12.0. The van der Waals surface area contributed by atoms with Gasteiger partial charge in [0.1, 0.15) is 11.4 Å². The van der Waals surface area contributed by atoms with Crippen molar-refractivity contribution >= 4 is 41.4 Å². The van der Waals surface area contributed by atoms with E-state index in [0.717, 1.165) is 37.0 Å². The smallest absolute Gasteiger partial charge is 0.325 e. The highest BCUT2D eigenvalue weighted by atomic mass is 32.2. The molecule has 1 aliphatic carbocycles. The van der Waals surface area contributed by atoms with Crippen LogP contribution in [0.25, 0.3) is 0 Å². The zero-order valence-electron chi connectivity index (χ0n) is 20.3. The number of β-lactam (4-membered cyclic amide) rings is 1. The van der Waals surface area contributed by atoms with Crippen molar-refractivity contribution < 1.29 is 28.7 Å². The molecule has 3 N–H and O–H groups in total. The van der Waals surface area contributed by atoms with Crippen molar-refractivity contribution in [3.8, 4) is 0 Å². The summed E-state index contributed by atoms with van der Waals surface area (Å²) in [7, 11) is 1.31. The van der Waals surface area contributed by atoms with Crippen molar-refractivity contribution in [2.24, 2.45) is 0 Å². The summed E-state index contributed by atoms with van der Waals surface area (Å²) in [6, 6.07) is 6.38. The van der Waals surface area contributed by atoms with Gasteiger partial charge in [-0.1, -0.05) is 49.6 Å². The average Bonchev–Trinajstić information content (AvgIpc) is 2.90. The molecule has 12 heteroatoms. The molecule has 2 heterocycles. The van der Waals surface area contributed by atoms with Crippen LogP contribution >= 0.6 is 11.8 Å². The average molecular weight is 518 g/mol. The predicted octanol–water partition coefficient (Wildman–Crippen LogP) is 0.719. The lowest BCUT2D eigenvalue weighted by Gasteiger charge is -2.46. The molecule has 1 aromatic rings. The molecule has 0 spiro atoms. The first-order chi connectivity index (χ1) is 17.3. The molecular formula is C24H31N5O6S. The van der Waals surface area contributed by atoms with E-state index in [4.69, 9.17) is 4.74 Å². The molecule has 1 unspecified atom stereocenters. The van der Waals surface area contributed by atoms with Gasteiger partial charge in [0.2, 0.25) is 5.91 Å². The van der Waals surface area contributed by atoms with Gasteiger partial charge < -0.3 is 25.6 Å². The van der Waals surface area contributed by atoms with Gasteiger partial charge in [-0.05, 0) is 24.7 Å². The van der Waals surface area contributed by atoms with E-state index in [0.29, 0.717) is 5.56 Å². The Labute approximate surface area is 213 Å². The number of hydrogen-bond acceptors (Lipinski definition) is 7. The predicted molar refractivity (Wildman–Crippen MR) is 131 cm³/mol. The molecule has 11 nitrogen and oxygen atoms in total. The van der Waals surface area contributed by atoms with Crippen molar-refractivity contribution in [1.82, 2.24) is 25.8 Å². The number of thioether (sulfide) groups is 1. The minimum atomic E-state index is -1.59. The van der Waals surface area contributed by atoms with E-state index in [2.05, 4.69) is 16.0 Å². The third-order valence-electron chi connectivity index (χ3n) is 7.01. The number of nitrogens with one attached hydrogen (secondary N) is 3. The lowest BCUT2D eigenvalue weighted by Crippen LogP contribution is -2.79. The molecular weight excluding hydrogens is 486 g/mol. The van der Waals surface area contributed by atoms with Crippen LogP contribution in [0.3, 0.4) is 0 Å². The Hall–Kier alpha value is -3.12. The molecule has 2 aliphatic heterocycles. The molecule has 6 amide bonds. The molecule has 194 valence electrons. The van der Waals surface area contributed by atoms with E-state index in [9.17, 15) is 24.0 Å². The molecule has 3 aliphatic rings. The second kappa shape index (κ2) is 10.9. The van der Waals surface area contributed by atoms with Crippen LogP contribution in [0.5, 0.6) is 0 Å². The van der Waals surface area contributed by atoms with Gasteiger partial charge in [0.15, 0.2) is 0 Å². The summed E-state index contributed by atoms with van der Waals surface area (Å²) in [4.78, 5) is 66.9. The Kier molecular flexibility index (Phi) is 7.84. The minimum absolute atomic E-state index is 0.0199. The summed E-state index contributed by atoms with van der Waals surface area (Å²) in [5.41, 5.74) is -1.15. The Balaban J connectivity index is 1.49. The number of carbonyl (C=O) groups is 5. The van der Waals surface area contributed by atoms with Gasteiger partial charge in [-0.15, -0.1) is 11.8 Å². The minimum Gasteiger partial charge on any atom is -0.348 e. The molecule has 1 aromatic carbocycles. The third kappa shape index (κ3) is 4.79. The number of benzene rings is 1. The number of hydrogen-bond donors (Lipinski definition) is 3. The van der Waals surface area contributed by atoms with Crippen LogP contribution in [0.1, 0.15) is 43.7 Å².